The second kappa shape index (κ2) is 8.63. The van der Waals surface area contributed by atoms with Crippen LogP contribution in [0, 0.1) is 0 Å². The third-order valence-electron chi connectivity index (χ3n) is 4.26. The van der Waals surface area contributed by atoms with E-state index in [2.05, 4.69) is 10.1 Å². The zero-order valence-corrected chi connectivity index (χ0v) is 15.0. The van der Waals surface area contributed by atoms with Crippen molar-refractivity contribution in [1.29, 1.82) is 0 Å². The van der Waals surface area contributed by atoms with E-state index < -0.39 is 12.1 Å². The van der Waals surface area contributed by atoms with E-state index in [1.54, 1.807) is 24.1 Å². The predicted octanol–water partition coefficient (Wildman–Crippen LogP) is 1.38. The molecular weight excluding hydrogens is 354 g/mol. The zero-order valence-electron chi connectivity index (χ0n) is 15.0. The number of morpholine rings is 1. The van der Waals surface area contributed by atoms with E-state index in [1.165, 1.54) is 0 Å². The summed E-state index contributed by atoms with van der Waals surface area (Å²) in [5.74, 6) is 0.543. The maximum Gasteiger partial charge on any atom is 0.306 e. The number of nitrogens with zero attached hydrogens (tertiary/aromatic N) is 3. The Hall–Kier alpha value is -2.94. The lowest BCUT2D eigenvalue weighted by molar-refractivity contribution is -0.147. The van der Waals surface area contributed by atoms with E-state index in [1.807, 2.05) is 12.1 Å². The number of carboxylic acids is 1. The van der Waals surface area contributed by atoms with Gasteiger partial charge in [-0.1, -0.05) is 5.16 Å². The van der Waals surface area contributed by atoms with Gasteiger partial charge in [-0.15, -0.1) is 0 Å². The van der Waals surface area contributed by atoms with Crippen molar-refractivity contribution in [3.8, 4) is 17.1 Å². The van der Waals surface area contributed by atoms with Crippen LogP contribution in [0.4, 0.5) is 0 Å². The van der Waals surface area contributed by atoms with Crippen molar-refractivity contribution >= 4 is 11.9 Å². The van der Waals surface area contributed by atoms with Crippen LogP contribution >= 0.6 is 0 Å². The van der Waals surface area contributed by atoms with Gasteiger partial charge in [-0.2, -0.15) is 4.98 Å². The summed E-state index contributed by atoms with van der Waals surface area (Å²) in [4.78, 5) is 29.1. The number of amides is 1. The Labute approximate surface area is 155 Å². The molecule has 1 fully saturated rings. The van der Waals surface area contributed by atoms with E-state index in [-0.39, 0.29) is 25.3 Å². The van der Waals surface area contributed by atoms with Gasteiger partial charge >= 0.3 is 5.97 Å². The monoisotopic (exact) mass is 375 g/mol. The van der Waals surface area contributed by atoms with Crippen LogP contribution in [0.2, 0.25) is 0 Å². The lowest BCUT2D eigenvalue weighted by Gasteiger charge is -2.32. The molecule has 1 aliphatic heterocycles. The molecular formula is C18H21N3O6. The quantitative estimate of drug-likeness (QED) is 0.772. The number of carbonyl (C=O) groups excluding carboxylic acids is 1. The maximum absolute atomic E-state index is 12.4. The number of hydrogen-bond acceptors (Lipinski definition) is 7. The number of methoxy groups -OCH3 is 1. The molecule has 144 valence electrons. The molecule has 1 amide bonds. The molecule has 0 spiro atoms. The Morgan fingerprint density at radius 1 is 1.33 bits per heavy atom. The first kappa shape index (κ1) is 18.8. The average Bonchev–Trinajstić information content (AvgIpc) is 3.15. The fourth-order valence-electron chi connectivity index (χ4n) is 2.85. The summed E-state index contributed by atoms with van der Waals surface area (Å²) in [5, 5.41) is 12.8. The number of rotatable bonds is 7. The number of aliphatic carboxylic acids is 1. The Balaban J connectivity index is 1.53. The fourth-order valence-corrected chi connectivity index (χ4v) is 2.85. The van der Waals surface area contributed by atoms with Gasteiger partial charge in [0.05, 0.1) is 26.2 Å². The van der Waals surface area contributed by atoms with Gasteiger partial charge < -0.3 is 24.0 Å². The lowest BCUT2D eigenvalue weighted by Crippen LogP contribution is -2.46. The molecule has 1 atom stereocenters. The largest absolute Gasteiger partial charge is 0.497 e. The third kappa shape index (κ3) is 5.04. The van der Waals surface area contributed by atoms with Gasteiger partial charge in [-0.3, -0.25) is 9.59 Å². The number of aryl methyl sites for hydroxylation is 1. The van der Waals surface area contributed by atoms with Gasteiger partial charge in [0, 0.05) is 31.5 Å². The Morgan fingerprint density at radius 3 is 2.81 bits per heavy atom. The van der Waals surface area contributed by atoms with Crippen LogP contribution in [-0.4, -0.2) is 64.9 Å². The fraction of sp³-hybridized carbons (Fsp3) is 0.444. The number of carboxylic acid groups (broad SMARTS) is 1. The SMILES string of the molecule is COc1ccc(-c2noc(CCC(=O)N3CCO[C@H](CC(=O)O)C3)n2)cc1. The minimum atomic E-state index is -0.939. The maximum atomic E-state index is 12.4. The van der Waals surface area contributed by atoms with E-state index in [0.29, 0.717) is 31.3 Å². The summed E-state index contributed by atoms with van der Waals surface area (Å²) in [6, 6.07) is 7.27. The number of aromatic nitrogens is 2. The van der Waals surface area contributed by atoms with Gasteiger partial charge in [0.1, 0.15) is 5.75 Å². The van der Waals surface area contributed by atoms with Crippen molar-refractivity contribution in [2.45, 2.75) is 25.4 Å². The highest BCUT2D eigenvalue weighted by Gasteiger charge is 2.26. The van der Waals surface area contributed by atoms with E-state index in [0.717, 1.165) is 11.3 Å². The second-order valence-corrected chi connectivity index (χ2v) is 6.17. The van der Waals surface area contributed by atoms with Gasteiger partial charge in [0.25, 0.3) is 0 Å². The zero-order chi connectivity index (χ0) is 19.2. The second-order valence-electron chi connectivity index (χ2n) is 6.17. The average molecular weight is 375 g/mol. The molecule has 2 heterocycles. The molecule has 2 aromatic rings. The normalized spacial score (nSPS) is 16.9. The van der Waals surface area contributed by atoms with Gasteiger partial charge in [-0.25, -0.2) is 0 Å². The minimum absolute atomic E-state index is 0.0853. The molecule has 0 aliphatic carbocycles. The highest BCUT2D eigenvalue weighted by molar-refractivity contribution is 5.76. The topological polar surface area (TPSA) is 115 Å². The van der Waals surface area contributed by atoms with Crippen LogP contribution in [0.15, 0.2) is 28.8 Å². The Morgan fingerprint density at radius 2 is 2.11 bits per heavy atom. The van der Waals surface area contributed by atoms with E-state index in [9.17, 15) is 9.59 Å². The van der Waals surface area contributed by atoms with Gasteiger partial charge in [0.2, 0.25) is 17.6 Å². The van der Waals surface area contributed by atoms with E-state index in [4.69, 9.17) is 19.1 Å². The molecule has 9 nitrogen and oxygen atoms in total. The highest BCUT2D eigenvalue weighted by atomic mass is 16.5. The molecule has 1 N–H and O–H groups in total. The third-order valence-corrected chi connectivity index (χ3v) is 4.26. The van der Waals surface area contributed by atoms with Crippen molar-refractivity contribution in [2.24, 2.45) is 0 Å². The summed E-state index contributed by atoms with van der Waals surface area (Å²) in [5.41, 5.74) is 0.793. The molecule has 3 rings (SSSR count). The van der Waals surface area contributed by atoms with Crippen LogP contribution in [0.1, 0.15) is 18.7 Å². The van der Waals surface area contributed by atoms with E-state index >= 15 is 0 Å². The van der Waals surface area contributed by atoms with Crippen molar-refractivity contribution in [2.75, 3.05) is 26.8 Å². The lowest BCUT2D eigenvalue weighted by atomic mass is 10.2. The first-order valence-corrected chi connectivity index (χ1v) is 8.63. The molecule has 0 unspecified atom stereocenters. The summed E-state index contributed by atoms with van der Waals surface area (Å²) < 4.78 is 15.7. The number of benzene rings is 1. The molecule has 0 radical (unpaired) electrons. The number of hydrogen-bond donors (Lipinski definition) is 1. The molecule has 0 bridgehead atoms. The molecule has 1 aliphatic rings. The standard InChI is InChI=1S/C18H21N3O6/c1-25-13-4-2-12(3-5-13)18-19-15(27-20-18)6-7-16(22)21-8-9-26-14(11-21)10-17(23)24/h2-5,14H,6-11H2,1H3,(H,23,24)/t14-/m1/s1. The van der Waals surface area contributed by atoms with Crippen LogP contribution in [0.25, 0.3) is 11.4 Å². The Kier molecular flexibility index (Phi) is 6.02. The van der Waals surface area contributed by atoms with Crippen molar-refractivity contribution in [3.63, 3.8) is 0 Å². The molecule has 0 saturated carbocycles. The first-order valence-electron chi connectivity index (χ1n) is 8.63. The molecule has 1 aromatic heterocycles. The summed E-state index contributed by atoms with van der Waals surface area (Å²) in [6.07, 6.45) is -0.0451. The van der Waals surface area contributed by atoms with Crippen LogP contribution < -0.4 is 4.74 Å². The first-order chi connectivity index (χ1) is 13.0. The van der Waals surface area contributed by atoms with Gasteiger partial charge in [-0.05, 0) is 24.3 Å². The highest BCUT2D eigenvalue weighted by Crippen LogP contribution is 2.20. The van der Waals surface area contributed by atoms with Crippen molar-refractivity contribution in [1.82, 2.24) is 15.0 Å². The van der Waals surface area contributed by atoms with Crippen molar-refractivity contribution < 1.29 is 28.7 Å². The van der Waals surface area contributed by atoms with Gasteiger partial charge in [0.15, 0.2) is 0 Å². The van der Waals surface area contributed by atoms with Crippen molar-refractivity contribution in [3.05, 3.63) is 30.2 Å². The summed E-state index contributed by atoms with van der Waals surface area (Å²) in [7, 11) is 1.59. The minimum Gasteiger partial charge on any atom is -0.497 e. The molecule has 27 heavy (non-hydrogen) atoms. The van der Waals surface area contributed by atoms with Crippen LogP contribution in [0.3, 0.4) is 0 Å². The number of ether oxygens (including phenoxy) is 2. The van der Waals surface area contributed by atoms with Crippen LogP contribution in [0.5, 0.6) is 5.75 Å². The predicted molar refractivity (Wildman–Crippen MR) is 93.2 cm³/mol. The summed E-state index contributed by atoms with van der Waals surface area (Å²) >= 11 is 0. The van der Waals surface area contributed by atoms with Crippen LogP contribution in [-0.2, 0) is 20.7 Å². The molecule has 1 saturated heterocycles. The molecule has 9 heteroatoms. The smallest absolute Gasteiger partial charge is 0.306 e. The number of carbonyl (C=O) groups is 2. The Bertz CT molecular complexity index is 789. The molecule has 1 aromatic carbocycles. The summed E-state index contributed by atoms with van der Waals surface area (Å²) in [6.45, 7) is 1.08.